The molecule has 0 N–H and O–H groups in total. The number of fused-ring (bicyclic) bond motifs is 1. The van der Waals surface area contributed by atoms with Crippen LogP contribution in [0, 0.1) is 0 Å². The summed E-state index contributed by atoms with van der Waals surface area (Å²) in [5.41, 5.74) is 1.46. The second-order valence-electron chi connectivity index (χ2n) is 5.27. The Balaban J connectivity index is 2.02. The van der Waals surface area contributed by atoms with Gasteiger partial charge in [-0.2, -0.15) is 0 Å². The molecular weight excluding hydrogens is 340 g/mol. The highest BCUT2D eigenvalue weighted by Crippen LogP contribution is 2.31. The molecule has 0 saturated heterocycles. The van der Waals surface area contributed by atoms with Crippen molar-refractivity contribution in [3.8, 4) is 16.9 Å². The fraction of sp³-hybridized carbons (Fsp3) is 0.278. The average molecular weight is 358 g/mol. The maximum atomic E-state index is 12.8. The SMILES string of the molecule is CCOC(=O)Cn1cnc2scc(-c3ccc(OCC)cc3)c2c1=O. The van der Waals surface area contributed by atoms with Gasteiger partial charge >= 0.3 is 5.97 Å². The molecule has 0 spiro atoms. The van der Waals surface area contributed by atoms with E-state index in [9.17, 15) is 9.59 Å². The van der Waals surface area contributed by atoms with Crippen LogP contribution in [-0.4, -0.2) is 28.7 Å². The summed E-state index contributed by atoms with van der Waals surface area (Å²) >= 11 is 1.40. The van der Waals surface area contributed by atoms with E-state index in [4.69, 9.17) is 9.47 Å². The molecule has 3 rings (SSSR count). The Hall–Kier alpha value is -2.67. The predicted octanol–water partition coefficient (Wildman–Crippen LogP) is 3.09. The normalized spacial score (nSPS) is 10.8. The topological polar surface area (TPSA) is 70.4 Å². The van der Waals surface area contributed by atoms with Crippen LogP contribution in [0.5, 0.6) is 5.75 Å². The van der Waals surface area contributed by atoms with Gasteiger partial charge < -0.3 is 9.47 Å². The molecule has 6 nitrogen and oxygen atoms in total. The van der Waals surface area contributed by atoms with Gasteiger partial charge in [-0.3, -0.25) is 14.2 Å². The van der Waals surface area contributed by atoms with Gasteiger partial charge in [-0.05, 0) is 31.5 Å². The number of carbonyl (C=O) groups is 1. The molecule has 2 aromatic heterocycles. The van der Waals surface area contributed by atoms with E-state index in [2.05, 4.69) is 4.98 Å². The van der Waals surface area contributed by atoms with Crippen LogP contribution in [0.3, 0.4) is 0 Å². The third-order valence-corrected chi connectivity index (χ3v) is 4.53. The smallest absolute Gasteiger partial charge is 0.326 e. The van der Waals surface area contributed by atoms with Crippen molar-refractivity contribution in [2.45, 2.75) is 20.4 Å². The van der Waals surface area contributed by atoms with Crippen molar-refractivity contribution in [1.29, 1.82) is 0 Å². The Morgan fingerprint density at radius 2 is 1.96 bits per heavy atom. The van der Waals surface area contributed by atoms with Gasteiger partial charge in [0.25, 0.3) is 5.56 Å². The Morgan fingerprint density at radius 1 is 1.20 bits per heavy atom. The van der Waals surface area contributed by atoms with Crippen LogP contribution in [0.25, 0.3) is 21.3 Å². The van der Waals surface area contributed by atoms with E-state index >= 15 is 0 Å². The van der Waals surface area contributed by atoms with Crippen LogP contribution in [-0.2, 0) is 16.1 Å². The van der Waals surface area contributed by atoms with Crippen molar-refractivity contribution in [2.75, 3.05) is 13.2 Å². The highest BCUT2D eigenvalue weighted by Gasteiger charge is 2.15. The number of hydrogen-bond acceptors (Lipinski definition) is 6. The largest absolute Gasteiger partial charge is 0.494 e. The summed E-state index contributed by atoms with van der Waals surface area (Å²) in [6, 6.07) is 7.56. The zero-order valence-corrected chi connectivity index (χ0v) is 14.8. The number of rotatable bonds is 6. The minimum atomic E-state index is -0.455. The molecule has 2 heterocycles. The minimum absolute atomic E-state index is 0.145. The quantitative estimate of drug-likeness (QED) is 0.633. The van der Waals surface area contributed by atoms with Crippen molar-refractivity contribution in [2.24, 2.45) is 0 Å². The summed E-state index contributed by atoms with van der Waals surface area (Å²) in [6.07, 6.45) is 1.39. The molecule has 0 aliphatic heterocycles. The molecular formula is C18H18N2O4S. The Bertz CT molecular complexity index is 944. The first-order valence-electron chi connectivity index (χ1n) is 7.99. The minimum Gasteiger partial charge on any atom is -0.494 e. The lowest BCUT2D eigenvalue weighted by molar-refractivity contribution is -0.143. The van der Waals surface area contributed by atoms with Crippen molar-refractivity contribution in [1.82, 2.24) is 9.55 Å². The summed E-state index contributed by atoms with van der Waals surface area (Å²) < 4.78 is 11.6. The van der Waals surface area contributed by atoms with Crippen LogP contribution in [0.1, 0.15) is 13.8 Å². The summed E-state index contributed by atoms with van der Waals surface area (Å²) in [5.74, 6) is 0.326. The van der Waals surface area contributed by atoms with Crippen LogP contribution < -0.4 is 10.3 Å². The van der Waals surface area contributed by atoms with Crippen molar-refractivity contribution in [3.05, 3.63) is 46.3 Å². The molecule has 0 fully saturated rings. The molecule has 25 heavy (non-hydrogen) atoms. The summed E-state index contributed by atoms with van der Waals surface area (Å²) in [7, 11) is 0. The number of nitrogens with zero attached hydrogens (tertiary/aromatic N) is 2. The molecule has 130 valence electrons. The number of thiophene rings is 1. The molecule has 0 aliphatic carbocycles. The van der Waals surface area contributed by atoms with Crippen molar-refractivity contribution < 1.29 is 14.3 Å². The first-order chi connectivity index (χ1) is 12.1. The molecule has 0 aliphatic rings. The van der Waals surface area contributed by atoms with E-state index in [1.54, 1.807) is 6.92 Å². The number of aromatic nitrogens is 2. The van der Waals surface area contributed by atoms with E-state index in [-0.39, 0.29) is 18.7 Å². The lowest BCUT2D eigenvalue weighted by atomic mass is 10.1. The van der Waals surface area contributed by atoms with Crippen molar-refractivity contribution in [3.63, 3.8) is 0 Å². The Kier molecular flexibility index (Phi) is 5.14. The van der Waals surface area contributed by atoms with Crippen LogP contribution in [0.2, 0.25) is 0 Å². The van der Waals surface area contributed by atoms with Gasteiger partial charge in [-0.1, -0.05) is 12.1 Å². The van der Waals surface area contributed by atoms with Crippen LogP contribution in [0.15, 0.2) is 40.8 Å². The van der Waals surface area contributed by atoms with Crippen LogP contribution >= 0.6 is 11.3 Å². The van der Waals surface area contributed by atoms with Gasteiger partial charge in [0, 0.05) is 10.9 Å². The molecule has 0 amide bonds. The summed E-state index contributed by atoms with van der Waals surface area (Å²) in [6.45, 7) is 4.39. The second kappa shape index (κ2) is 7.48. The summed E-state index contributed by atoms with van der Waals surface area (Å²) in [4.78, 5) is 29.4. The van der Waals surface area contributed by atoms with E-state index in [1.807, 2.05) is 36.6 Å². The molecule has 0 atom stereocenters. The molecule has 0 bridgehead atoms. The fourth-order valence-electron chi connectivity index (χ4n) is 2.54. The molecule has 0 saturated carbocycles. The average Bonchev–Trinajstić information content (AvgIpc) is 3.03. The third-order valence-electron chi connectivity index (χ3n) is 3.64. The predicted molar refractivity (Wildman–Crippen MR) is 97.1 cm³/mol. The standard InChI is InChI=1S/C18H18N2O4S/c1-3-23-13-7-5-12(6-8-13)14-10-25-17-16(14)18(22)20(11-19-17)9-15(21)24-4-2/h5-8,10-11H,3-4,9H2,1-2H3. The second-order valence-corrected chi connectivity index (χ2v) is 6.13. The lowest BCUT2D eigenvalue weighted by Gasteiger charge is -2.06. The van der Waals surface area contributed by atoms with E-state index in [0.29, 0.717) is 16.8 Å². The monoisotopic (exact) mass is 358 g/mol. The molecule has 0 radical (unpaired) electrons. The first kappa shape index (κ1) is 17.2. The Labute approximate surface area is 148 Å². The molecule has 0 unspecified atom stereocenters. The highest BCUT2D eigenvalue weighted by atomic mass is 32.1. The van der Waals surface area contributed by atoms with Gasteiger partial charge in [0.1, 0.15) is 17.1 Å². The molecule has 3 aromatic rings. The van der Waals surface area contributed by atoms with Gasteiger partial charge in [-0.25, -0.2) is 4.98 Å². The van der Waals surface area contributed by atoms with Crippen molar-refractivity contribution >= 4 is 27.5 Å². The number of benzene rings is 1. The van der Waals surface area contributed by atoms with E-state index < -0.39 is 5.97 Å². The maximum absolute atomic E-state index is 12.8. The zero-order valence-electron chi connectivity index (χ0n) is 14.0. The van der Waals surface area contributed by atoms with Gasteiger partial charge in [0.05, 0.1) is 24.9 Å². The number of hydrogen-bond donors (Lipinski definition) is 0. The van der Waals surface area contributed by atoms with Gasteiger partial charge in [0.2, 0.25) is 0 Å². The zero-order chi connectivity index (χ0) is 17.8. The maximum Gasteiger partial charge on any atom is 0.326 e. The fourth-order valence-corrected chi connectivity index (χ4v) is 3.44. The number of carbonyl (C=O) groups excluding carboxylic acids is 1. The third kappa shape index (κ3) is 3.56. The Morgan fingerprint density at radius 3 is 2.64 bits per heavy atom. The molecule has 7 heteroatoms. The van der Waals surface area contributed by atoms with Gasteiger partial charge in [-0.15, -0.1) is 11.3 Å². The van der Waals surface area contributed by atoms with E-state index in [0.717, 1.165) is 16.9 Å². The highest BCUT2D eigenvalue weighted by molar-refractivity contribution is 7.17. The lowest BCUT2D eigenvalue weighted by Crippen LogP contribution is -2.25. The number of esters is 1. The van der Waals surface area contributed by atoms with Crippen LogP contribution in [0.4, 0.5) is 0 Å². The summed E-state index contributed by atoms with van der Waals surface area (Å²) in [5, 5.41) is 2.42. The first-order valence-corrected chi connectivity index (χ1v) is 8.87. The van der Waals surface area contributed by atoms with E-state index in [1.165, 1.54) is 22.2 Å². The molecule has 1 aromatic carbocycles. The number of ether oxygens (including phenoxy) is 2. The van der Waals surface area contributed by atoms with Gasteiger partial charge in [0.15, 0.2) is 0 Å².